The molecule has 1 aromatic heterocycles. The molecule has 0 spiro atoms. The summed E-state index contributed by atoms with van der Waals surface area (Å²) in [5.74, 6) is -0.0372. The number of carbonyl (C=O) groups is 2. The summed E-state index contributed by atoms with van der Waals surface area (Å²) in [7, 11) is 0. The lowest BCUT2D eigenvalue weighted by molar-refractivity contribution is -0.177. The van der Waals surface area contributed by atoms with Crippen LogP contribution >= 0.6 is 0 Å². The van der Waals surface area contributed by atoms with E-state index in [0.29, 0.717) is 18.9 Å². The zero-order valence-corrected chi connectivity index (χ0v) is 21.9. The molecule has 2 amide bonds. The van der Waals surface area contributed by atoms with Gasteiger partial charge >= 0.3 is 17.6 Å². The summed E-state index contributed by atoms with van der Waals surface area (Å²) in [6.07, 6.45) is 11.7. The first-order valence-electron chi connectivity index (χ1n) is 13.9. The molecule has 202 valence electrons. The highest BCUT2D eigenvalue weighted by Crippen LogP contribution is 2.70. The number of aliphatic hydroxyl groups is 1. The zero-order chi connectivity index (χ0) is 26.4. The van der Waals surface area contributed by atoms with Crippen molar-refractivity contribution in [1.29, 1.82) is 0 Å². The van der Waals surface area contributed by atoms with Crippen molar-refractivity contribution in [3.63, 3.8) is 0 Å². The summed E-state index contributed by atoms with van der Waals surface area (Å²) in [4.78, 5) is 34.5. The number of nitrogens with one attached hydrogen (secondary N) is 2. The second kappa shape index (κ2) is 9.61. The molecule has 0 aliphatic heterocycles. The number of hydrogen-bond donors (Lipinski definition) is 4. The quantitative estimate of drug-likeness (QED) is 0.332. The SMILES string of the molecule is C[C@]12CC[C@H](NC(=O)NCCCC(=O)O)C=C1CC[C@@H]1[C@@H]2CC[C@]2(C)[C@@H](c3ccc(=O)oc3)CC[C@]12O. The first-order chi connectivity index (χ1) is 17.6. The van der Waals surface area contributed by atoms with Crippen molar-refractivity contribution < 1.29 is 24.2 Å². The summed E-state index contributed by atoms with van der Waals surface area (Å²) >= 11 is 0. The smallest absolute Gasteiger partial charge is 0.335 e. The van der Waals surface area contributed by atoms with Crippen LogP contribution in [0.4, 0.5) is 4.79 Å². The molecular formula is C29H40N2O6. The summed E-state index contributed by atoms with van der Waals surface area (Å²) in [5.41, 5.74) is 1.12. The van der Waals surface area contributed by atoms with E-state index in [1.807, 2.05) is 6.07 Å². The van der Waals surface area contributed by atoms with Crippen LogP contribution in [0, 0.1) is 22.7 Å². The van der Waals surface area contributed by atoms with Crippen LogP contribution in [-0.4, -0.2) is 40.4 Å². The van der Waals surface area contributed by atoms with E-state index in [9.17, 15) is 19.5 Å². The average molecular weight is 513 g/mol. The first-order valence-corrected chi connectivity index (χ1v) is 13.9. The van der Waals surface area contributed by atoms with E-state index in [0.717, 1.165) is 56.9 Å². The fourth-order valence-electron chi connectivity index (χ4n) is 8.57. The molecular weight excluding hydrogens is 472 g/mol. The Kier molecular flexibility index (Phi) is 6.75. The maximum Gasteiger partial charge on any atom is 0.335 e. The zero-order valence-electron chi connectivity index (χ0n) is 21.9. The van der Waals surface area contributed by atoms with Crippen molar-refractivity contribution in [2.75, 3.05) is 6.54 Å². The molecule has 3 fully saturated rings. The number of carboxylic acid groups (broad SMARTS) is 1. The number of amides is 2. The summed E-state index contributed by atoms with van der Waals surface area (Å²) < 4.78 is 5.19. The van der Waals surface area contributed by atoms with Crippen molar-refractivity contribution in [3.8, 4) is 0 Å². The van der Waals surface area contributed by atoms with Gasteiger partial charge in [-0.05, 0) is 92.6 Å². The average Bonchev–Trinajstić information content (AvgIpc) is 3.14. The lowest BCUT2D eigenvalue weighted by Gasteiger charge is -2.62. The molecule has 1 aromatic rings. The predicted molar refractivity (Wildman–Crippen MR) is 138 cm³/mol. The monoisotopic (exact) mass is 512 g/mol. The predicted octanol–water partition coefficient (Wildman–Crippen LogP) is 4.33. The van der Waals surface area contributed by atoms with Gasteiger partial charge in [0.25, 0.3) is 0 Å². The topological polar surface area (TPSA) is 129 Å². The summed E-state index contributed by atoms with van der Waals surface area (Å²) in [5, 5.41) is 26.9. The van der Waals surface area contributed by atoms with Crippen LogP contribution in [0.25, 0.3) is 0 Å². The highest BCUT2D eigenvalue weighted by molar-refractivity contribution is 5.74. The van der Waals surface area contributed by atoms with E-state index >= 15 is 0 Å². The van der Waals surface area contributed by atoms with Gasteiger partial charge in [-0.1, -0.05) is 25.5 Å². The molecule has 3 saturated carbocycles. The fraction of sp³-hybridized carbons (Fsp3) is 0.690. The van der Waals surface area contributed by atoms with Crippen molar-refractivity contribution in [2.45, 2.75) is 95.6 Å². The van der Waals surface area contributed by atoms with Gasteiger partial charge in [-0.3, -0.25) is 4.79 Å². The first kappa shape index (κ1) is 26.0. The maximum absolute atomic E-state index is 12.4. The molecule has 0 radical (unpaired) electrons. The molecule has 37 heavy (non-hydrogen) atoms. The molecule has 0 bridgehead atoms. The van der Waals surface area contributed by atoms with E-state index in [4.69, 9.17) is 9.52 Å². The Bertz CT molecular complexity index is 1120. The Labute approximate surface area is 217 Å². The number of aliphatic carboxylic acids is 1. The standard InChI is InChI=1S/C29H40N2O6/c1-27-12-9-20(31-26(35)30-15-3-4-24(32)33)16-19(27)6-7-23-22(27)10-13-28(2)21(11-14-29(23,28)36)18-5-8-25(34)37-17-18/h5,8,16-17,20-23,36H,3-4,6-7,9-15H2,1-2H3,(H,32,33)(H2,30,31,35)/t20-,21+,22-,23+,27-,28+,29-/m0/s1. The fourth-order valence-corrected chi connectivity index (χ4v) is 8.57. The van der Waals surface area contributed by atoms with Crippen LogP contribution in [0.5, 0.6) is 0 Å². The highest BCUT2D eigenvalue weighted by Gasteiger charge is 2.66. The molecule has 4 aliphatic carbocycles. The van der Waals surface area contributed by atoms with Crippen molar-refractivity contribution in [2.24, 2.45) is 22.7 Å². The van der Waals surface area contributed by atoms with Crippen LogP contribution in [0.2, 0.25) is 0 Å². The maximum atomic E-state index is 12.4. The van der Waals surface area contributed by atoms with Crippen LogP contribution in [0.3, 0.4) is 0 Å². The third kappa shape index (κ3) is 4.41. The van der Waals surface area contributed by atoms with E-state index in [1.54, 1.807) is 6.26 Å². The number of rotatable bonds is 6. The highest BCUT2D eigenvalue weighted by atomic mass is 16.4. The van der Waals surface area contributed by atoms with Gasteiger partial charge in [-0.2, -0.15) is 0 Å². The molecule has 1 heterocycles. The molecule has 7 atom stereocenters. The number of carbonyl (C=O) groups excluding carboxylic acids is 1. The third-order valence-corrected chi connectivity index (χ3v) is 10.6. The van der Waals surface area contributed by atoms with E-state index in [1.165, 1.54) is 11.6 Å². The lowest BCUT2D eigenvalue weighted by atomic mass is 9.45. The minimum atomic E-state index is -0.858. The van der Waals surface area contributed by atoms with Crippen molar-refractivity contribution >= 4 is 12.0 Å². The van der Waals surface area contributed by atoms with Crippen molar-refractivity contribution in [1.82, 2.24) is 10.6 Å². The van der Waals surface area contributed by atoms with Gasteiger partial charge in [0.1, 0.15) is 0 Å². The molecule has 0 aromatic carbocycles. The van der Waals surface area contributed by atoms with Crippen LogP contribution in [-0.2, 0) is 4.79 Å². The molecule has 8 nitrogen and oxygen atoms in total. The van der Waals surface area contributed by atoms with Gasteiger partial charge in [0.15, 0.2) is 0 Å². The van der Waals surface area contributed by atoms with Gasteiger partial charge in [0, 0.05) is 30.5 Å². The molecule has 4 N–H and O–H groups in total. The Hall–Kier alpha value is -2.61. The second-order valence-electron chi connectivity index (χ2n) is 12.3. The summed E-state index contributed by atoms with van der Waals surface area (Å²) in [6, 6.07) is 3.09. The number of fused-ring (bicyclic) bond motifs is 5. The van der Waals surface area contributed by atoms with Crippen LogP contribution in [0.15, 0.2) is 39.3 Å². The third-order valence-electron chi connectivity index (χ3n) is 10.6. The Morgan fingerprint density at radius 2 is 1.89 bits per heavy atom. The molecule has 8 heteroatoms. The molecule has 4 aliphatic rings. The number of hydrogen-bond acceptors (Lipinski definition) is 5. The minimum absolute atomic E-state index is 0.0216. The largest absolute Gasteiger partial charge is 0.481 e. The lowest BCUT2D eigenvalue weighted by Crippen LogP contribution is -2.60. The van der Waals surface area contributed by atoms with Gasteiger partial charge in [0.2, 0.25) is 0 Å². The number of allylic oxidation sites excluding steroid dienone is 1. The van der Waals surface area contributed by atoms with Crippen molar-refractivity contribution in [3.05, 3.63) is 46.0 Å². The van der Waals surface area contributed by atoms with Gasteiger partial charge < -0.3 is 25.3 Å². The second-order valence-corrected chi connectivity index (χ2v) is 12.3. The summed E-state index contributed by atoms with van der Waals surface area (Å²) in [6.45, 7) is 4.95. The van der Waals surface area contributed by atoms with E-state index in [2.05, 4.69) is 30.6 Å². The Balaban J connectivity index is 1.28. The number of carboxylic acids is 1. The van der Waals surface area contributed by atoms with E-state index < -0.39 is 11.6 Å². The van der Waals surface area contributed by atoms with Crippen LogP contribution < -0.4 is 16.3 Å². The van der Waals surface area contributed by atoms with E-state index in [-0.39, 0.29) is 46.8 Å². The Morgan fingerprint density at radius 1 is 1.08 bits per heavy atom. The Morgan fingerprint density at radius 3 is 2.62 bits per heavy atom. The normalized spacial score (nSPS) is 38.5. The van der Waals surface area contributed by atoms with Gasteiger partial charge in [0.05, 0.1) is 11.9 Å². The number of urea groups is 1. The molecule has 0 unspecified atom stereocenters. The minimum Gasteiger partial charge on any atom is -0.481 e. The van der Waals surface area contributed by atoms with Gasteiger partial charge in [-0.25, -0.2) is 9.59 Å². The van der Waals surface area contributed by atoms with Crippen LogP contribution in [0.1, 0.15) is 89.5 Å². The molecule has 0 saturated heterocycles. The molecule has 5 rings (SSSR count). The van der Waals surface area contributed by atoms with Gasteiger partial charge in [-0.15, -0.1) is 0 Å².